The number of nitrogens with one attached hydrogen (secondary N) is 2. The molecule has 2 aromatic rings. The van der Waals surface area contributed by atoms with Gasteiger partial charge in [-0.25, -0.2) is 4.99 Å². The van der Waals surface area contributed by atoms with Crippen molar-refractivity contribution in [1.82, 2.24) is 15.8 Å². The zero-order chi connectivity index (χ0) is 21.2. The van der Waals surface area contributed by atoms with Gasteiger partial charge in [-0.3, -0.25) is 0 Å². The molecule has 1 aromatic carbocycles. The molecule has 8 heteroatoms. The topological polar surface area (TPSA) is 90.1 Å². The number of ether oxygens (including phenoxy) is 3. The van der Waals surface area contributed by atoms with Crippen molar-refractivity contribution in [1.29, 1.82) is 0 Å². The fourth-order valence-corrected chi connectivity index (χ4v) is 3.10. The van der Waals surface area contributed by atoms with E-state index in [1.54, 1.807) is 21.3 Å². The number of rotatable bonds is 10. The Balaban J connectivity index is 2.21. The molecule has 0 aliphatic heterocycles. The molecule has 0 unspecified atom stereocenters. The fraction of sp³-hybridized carbons (Fsp3) is 0.524. The Morgan fingerprint density at radius 2 is 1.76 bits per heavy atom. The molecular weight excluding hydrogens is 372 g/mol. The van der Waals surface area contributed by atoms with E-state index in [4.69, 9.17) is 23.7 Å². The first-order chi connectivity index (χ1) is 14.1. The van der Waals surface area contributed by atoms with Crippen LogP contribution in [0.5, 0.6) is 17.2 Å². The quantitative estimate of drug-likeness (QED) is 0.464. The molecule has 0 aliphatic rings. The molecular formula is C21H32N4O4. The van der Waals surface area contributed by atoms with Gasteiger partial charge in [0.15, 0.2) is 17.5 Å². The summed E-state index contributed by atoms with van der Waals surface area (Å²) in [4.78, 5) is 4.70. The summed E-state index contributed by atoms with van der Waals surface area (Å²) in [6.07, 6.45) is 1.64. The van der Waals surface area contributed by atoms with Crippen LogP contribution in [0.25, 0.3) is 0 Å². The number of aromatic nitrogens is 1. The van der Waals surface area contributed by atoms with Crippen LogP contribution in [0.2, 0.25) is 0 Å². The van der Waals surface area contributed by atoms with E-state index in [1.807, 2.05) is 19.1 Å². The Bertz CT molecular complexity index is 796. The minimum atomic E-state index is 0.420. The van der Waals surface area contributed by atoms with Crippen molar-refractivity contribution in [3.63, 3.8) is 0 Å². The zero-order valence-corrected chi connectivity index (χ0v) is 18.2. The third-order valence-corrected chi connectivity index (χ3v) is 4.58. The highest BCUT2D eigenvalue weighted by atomic mass is 16.5. The molecule has 0 saturated carbocycles. The number of nitrogens with zero attached hydrogens (tertiary/aromatic N) is 2. The van der Waals surface area contributed by atoms with Gasteiger partial charge in [0.2, 0.25) is 5.75 Å². The van der Waals surface area contributed by atoms with Gasteiger partial charge in [0, 0.05) is 30.6 Å². The number of aryl methyl sites for hydroxylation is 2. The lowest BCUT2D eigenvalue weighted by molar-refractivity contribution is 0.322. The lowest BCUT2D eigenvalue weighted by Crippen LogP contribution is -2.37. The molecule has 0 radical (unpaired) electrons. The van der Waals surface area contributed by atoms with E-state index in [0.717, 1.165) is 42.0 Å². The van der Waals surface area contributed by atoms with Crippen LogP contribution in [0.15, 0.2) is 21.6 Å². The average Bonchev–Trinajstić information content (AvgIpc) is 3.16. The van der Waals surface area contributed by atoms with Crippen LogP contribution < -0.4 is 24.8 Å². The molecule has 0 spiro atoms. The van der Waals surface area contributed by atoms with Crippen molar-refractivity contribution >= 4 is 5.96 Å². The summed E-state index contributed by atoms with van der Waals surface area (Å²) in [5.41, 5.74) is 2.98. The number of hydrogen-bond acceptors (Lipinski definition) is 6. The van der Waals surface area contributed by atoms with Crippen LogP contribution in [-0.2, 0) is 25.9 Å². The second-order valence-corrected chi connectivity index (χ2v) is 6.28. The first-order valence-corrected chi connectivity index (χ1v) is 9.89. The summed E-state index contributed by atoms with van der Waals surface area (Å²) in [5, 5.41) is 10.8. The van der Waals surface area contributed by atoms with Crippen molar-refractivity contribution in [2.75, 3.05) is 27.9 Å². The van der Waals surface area contributed by atoms with Crippen molar-refractivity contribution in [2.45, 2.75) is 46.7 Å². The Morgan fingerprint density at radius 3 is 2.34 bits per heavy atom. The number of aliphatic imine (C=N–C) groups is 1. The second kappa shape index (κ2) is 11.2. The van der Waals surface area contributed by atoms with Gasteiger partial charge >= 0.3 is 0 Å². The lowest BCUT2D eigenvalue weighted by atomic mass is 10.1. The Kier molecular flexibility index (Phi) is 8.64. The van der Waals surface area contributed by atoms with E-state index < -0.39 is 0 Å². The van der Waals surface area contributed by atoms with Gasteiger partial charge in [-0.1, -0.05) is 19.0 Å². The number of methoxy groups -OCH3 is 3. The predicted octanol–water partition coefficient (Wildman–Crippen LogP) is 3.08. The molecule has 29 heavy (non-hydrogen) atoms. The maximum absolute atomic E-state index is 5.55. The average molecular weight is 405 g/mol. The van der Waals surface area contributed by atoms with Crippen molar-refractivity contribution in [3.05, 3.63) is 34.7 Å². The molecule has 160 valence electrons. The first-order valence-electron chi connectivity index (χ1n) is 9.89. The van der Waals surface area contributed by atoms with Gasteiger partial charge in [0.05, 0.1) is 33.6 Å². The third-order valence-electron chi connectivity index (χ3n) is 4.58. The SMILES string of the molecule is CCNC(=NCc1ccc(OC)c(OC)c1OC)NCc1c(CC)noc1CC. The maximum atomic E-state index is 5.55. The van der Waals surface area contributed by atoms with E-state index >= 15 is 0 Å². The highest BCUT2D eigenvalue weighted by Crippen LogP contribution is 2.39. The van der Waals surface area contributed by atoms with Crippen molar-refractivity contribution in [2.24, 2.45) is 4.99 Å². The Labute approximate surface area is 172 Å². The summed E-state index contributed by atoms with van der Waals surface area (Å²) < 4.78 is 21.8. The molecule has 2 rings (SSSR count). The smallest absolute Gasteiger partial charge is 0.203 e. The first kappa shape index (κ1) is 22.4. The summed E-state index contributed by atoms with van der Waals surface area (Å²) in [7, 11) is 4.80. The van der Waals surface area contributed by atoms with Gasteiger partial charge in [-0.2, -0.15) is 0 Å². The minimum absolute atomic E-state index is 0.420. The van der Waals surface area contributed by atoms with Crippen LogP contribution in [0.1, 0.15) is 43.4 Å². The number of benzene rings is 1. The van der Waals surface area contributed by atoms with Gasteiger partial charge in [0.1, 0.15) is 5.76 Å². The Hall–Kier alpha value is -2.90. The maximum Gasteiger partial charge on any atom is 0.203 e. The van der Waals surface area contributed by atoms with Crippen molar-refractivity contribution in [3.8, 4) is 17.2 Å². The normalized spacial score (nSPS) is 11.3. The van der Waals surface area contributed by atoms with Crippen LogP contribution in [0, 0.1) is 0 Å². The second-order valence-electron chi connectivity index (χ2n) is 6.28. The molecule has 0 saturated heterocycles. The molecule has 2 N–H and O–H groups in total. The number of guanidine groups is 1. The lowest BCUT2D eigenvalue weighted by Gasteiger charge is -2.16. The molecule has 0 atom stereocenters. The zero-order valence-electron chi connectivity index (χ0n) is 18.2. The monoisotopic (exact) mass is 404 g/mol. The largest absolute Gasteiger partial charge is 0.493 e. The van der Waals surface area contributed by atoms with Crippen LogP contribution in [0.4, 0.5) is 0 Å². The summed E-state index contributed by atoms with van der Waals surface area (Å²) in [6.45, 7) is 7.94. The van der Waals surface area contributed by atoms with Gasteiger partial charge in [-0.15, -0.1) is 0 Å². The Morgan fingerprint density at radius 1 is 1.00 bits per heavy atom. The highest BCUT2D eigenvalue weighted by Gasteiger charge is 2.16. The van der Waals surface area contributed by atoms with E-state index in [9.17, 15) is 0 Å². The molecule has 8 nitrogen and oxygen atoms in total. The predicted molar refractivity (Wildman–Crippen MR) is 113 cm³/mol. The van der Waals surface area contributed by atoms with E-state index in [-0.39, 0.29) is 0 Å². The molecule has 0 fully saturated rings. The summed E-state index contributed by atoms with van der Waals surface area (Å²) in [5.74, 6) is 3.41. The van der Waals surface area contributed by atoms with E-state index in [0.29, 0.717) is 36.3 Å². The summed E-state index contributed by atoms with van der Waals surface area (Å²) in [6, 6.07) is 3.78. The van der Waals surface area contributed by atoms with Crippen LogP contribution in [0.3, 0.4) is 0 Å². The highest BCUT2D eigenvalue weighted by molar-refractivity contribution is 5.79. The van der Waals surface area contributed by atoms with Gasteiger partial charge < -0.3 is 29.4 Å². The number of hydrogen-bond donors (Lipinski definition) is 2. The van der Waals surface area contributed by atoms with Crippen LogP contribution in [-0.4, -0.2) is 39.0 Å². The molecule has 0 amide bonds. The van der Waals surface area contributed by atoms with Gasteiger partial charge in [-0.05, 0) is 25.5 Å². The molecule has 1 aromatic heterocycles. The fourth-order valence-electron chi connectivity index (χ4n) is 3.10. The van der Waals surface area contributed by atoms with E-state index in [1.165, 1.54) is 0 Å². The molecule has 1 heterocycles. The van der Waals surface area contributed by atoms with Crippen molar-refractivity contribution < 1.29 is 18.7 Å². The molecule has 0 aliphatic carbocycles. The minimum Gasteiger partial charge on any atom is -0.493 e. The van der Waals surface area contributed by atoms with Crippen LogP contribution >= 0.6 is 0 Å². The molecule has 0 bridgehead atoms. The standard InChI is InChI=1S/C21H32N4O4/c1-7-16-15(17(8-2)29-25-16)13-24-21(22-9-3)23-12-14-10-11-18(26-4)20(28-6)19(14)27-5/h10-11H,7-9,12-13H2,1-6H3,(H2,22,23,24). The van der Waals surface area contributed by atoms with Gasteiger partial charge in [0.25, 0.3) is 0 Å². The summed E-state index contributed by atoms with van der Waals surface area (Å²) >= 11 is 0. The third kappa shape index (κ3) is 5.34. The van der Waals surface area contributed by atoms with E-state index in [2.05, 4.69) is 29.6 Å².